The van der Waals surface area contributed by atoms with E-state index in [0.29, 0.717) is 33.7 Å². The maximum atomic E-state index is 12.9. The fourth-order valence-corrected chi connectivity index (χ4v) is 5.57. The van der Waals surface area contributed by atoms with Gasteiger partial charge >= 0.3 is 6.36 Å². The average molecular weight is 467 g/mol. The van der Waals surface area contributed by atoms with Crippen LogP contribution in [0.1, 0.15) is 40.0 Å². The number of piperidine rings is 1. The van der Waals surface area contributed by atoms with Crippen LogP contribution >= 0.6 is 11.3 Å². The number of hydrogen-bond donors (Lipinski definition) is 1. The Kier molecular flexibility index (Phi) is 4.94. The van der Waals surface area contributed by atoms with E-state index in [9.17, 15) is 13.2 Å². The number of piperazine rings is 1. The van der Waals surface area contributed by atoms with Crippen LogP contribution in [0.3, 0.4) is 0 Å². The van der Waals surface area contributed by atoms with E-state index in [1.165, 1.54) is 29.9 Å². The molecule has 0 aliphatic carbocycles. The third-order valence-electron chi connectivity index (χ3n) is 6.59. The summed E-state index contributed by atoms with van der Waals surface area (Å²) >= 11 is 1.32. The molecule has 1 N–H and O–H groups in total. The smallest absolute Gasteiger partial charge is 0.423 e. The van der Waals surface area contributed by atoms with Gasteiger partial charge in [-0.05, 0) is 30.7 Å². The van der Waals surface area contributed by atoms with E-state index >= 15 is 0 Å². The number of halogens is 3. The van der Waals surface area contributed by atoms with Crippen LogP contribution in [0.15, 0.2) is 28.1 Å². The summed E-state index contributed by atoms with van der Waals surface area (Å²) in [6.45, 7) is 8.17. The van der Waals surface area contributed by atoms with Gasteiger partial charge in [0.15, 0.2) is 5.58 Å². The fraction of sp³-hybridized carbons (Fsp3) is 0.545. The zero-order valence-corrected chi connectivity index (χ0v) is 18.9. The number of oxazole rings is 1. The third-order valence-corrected chi connectivity index (χ3v) is 7.40. The molecule has 10 heteroatoms. The largest absolute Gasteiger partial charge is 0.573 e. The predicted molar refractivity (Wildman–Crippen MR) is 117 cm³/mol. The molecular weight excluding hydrogens is 441 g/mol. The van der Waals surface area contributed by atoms with Gasteiger partial charge in [-0.25, -0.2) is 4.98 Å². The molecule has 2 unspecified atom stereocenters. The molecule has 2 aliphatic heterocycles. The van der Waals surface area contributed by atoms with Crippen LogP contribution in [0.25, 0.3) is 21.7 Å². The number of nitrogens with one attached hydrogen (secondary N) is 1. The van der Waals surface area contributed by atoms with Crippen LogP contribution in [-0.2, 0) is 0 Å². The van der Waals surface area contributed by atoms with Crippen molar-refractivity contribution in [3.63, 3.8) is 0 Å². The second-order valence-electron chi connectivity index (χ2n) is 9.65. The molecule has 172 valence electrons. The Morgan fingerprint density at radius 1 is 1.28 bits per heavy atom. The van der Waals surface area contributed by atoms with E-state index in [0.717, 1.165) is 25.9 Å². The van der Waals surface area contributed by atoms with E-state index in [1.807, 2.05) is 0 Å². The van der Waals surface area contributed by atoms with Gasteiger partial charge in [0.1, 0.15) is 16.3 Å². The van der Waals surface area contributed by atoms with Crippen LogP contribution in [-0.4, -0.2) is 41.0 Å². The van der Waals surface area contributed by atoms with Crippen molar-refractivity contribution in [1.82, 2.24) is 15.3 Å². The molecule has 0 saturated carbocycles. The average Bonchev–Trinajstić information content (AvgIpc) is 3.35. The van der Waals surface area contributed by atoms with Crippen LogP contribution in [0.4, 0.5) is 19.2 Å². The topological polar surface area (TPSA) is 63.4 Å². The first-order valence-corrected chi connectivity index (χ1v) is 11.5. The summed E-state index contributed by atoms with van der Waals surface area (Å²) in [7, 11) is 0. The summed E-state index contributed by atoms with van der Waals surface area (Å²) < 4.78 is 49.1. The third kappa shape index (κ3) is 3.83. The zero-order chi connectivity index (χ0) is 22.7. The molecule has 3 aromatic rings. The number of rotatable bonds is 3. The van der Waals surface area contributed by atoms with Crippen LogP contribution in [0.5, 0.6) is 5.75 Å². The molecule has 2 aromatic heterocycles. The van der Waals surface area contributed by atoms with Gasteiger partial charge in [0.25, 0.3) is 6.01 Å². The number of thiazole rings is 1. The number of fused-ring (bicyclic) bond motifs is 3. The van der Waals surface area contributed by atoms with Crippen molar-refractivity contribution >= 4 is 28.5 Å². The van der Waals surface area contributed by atoms with Crippen molar-refractivity contribution in [2.24, 2.45) is 5.41 Å². The molecule has 2 saturated heterocycles. The van der Waals surface area contributed by atoms with Crippen molar-refractivity contribution in [3.8, 4) is 16.3 Å². The van der Waals surface area contributed by atoms with Gasteiger partial charge in [-0.3, -0.25) is 0 Å². The maximum absolute atomic E-state index is 12.9. The van der Waals surface area contributed by atoms with Crippen molar-refractivity contribution < 1.29 is 22.3 Å². The van der Waals surface area contributed by atoms with Crippen molar-refractivity contribution in [1.29, 1.82) is 0 Å². The van der Waals surface area contributed by atoms with E-state index in [4.69, 9.17) is 4.42 Å². The second kappa shape index (κ2) is 7.34. The fourth-order valence-electron chi connectivity index (χ4n) is 4.92. The highest BCUT2D eigenvalue weighted by atomic mass is 32.1. The normalized spacial score (nSPS) is 24.2. The molecule has 0 amide bonds. The molecule has 2 fully saturated rings. The number of ether oxygens (including phenoxy) is 1. The van der Waals surface area contributed by atoms with Crippen LogP contribution < -0.4 is 15.0 Å². The Morgan fingerprint density at radius 3 is 2.78 bits per heavy atom. The Bertz CT molecular complexity index is 1120. The summed E-state index contributed by atoms with van der Waals surface area (Å²) in [4.78, 5) is 11.0. The lowest BCUT2D eigenvalue weighted by atomic mass is 9.66. The highest BCUT2D eigenvalue weighted by Gasteiger charge is 2.49. The van der Waals surface area contributed by atoms with Gasteiger partial charge in [-0.1, -0.05) is 20.8 Å². The number of alkyl halides is 3. The van der Waals surface area contributed by atoms with Crippen LogP contribution in [0, 0.1) is 5.41 Å². The van der Waals surface area contributed by atoms with Gasteiger partial charge in [0.05, 0.1) is 5.56 Å². The van der Waals surface area contributed by atoms with E-state index < -0.39 is 6.36 Å². The Labute approximate surface area is 187 Å². The van der Waals surface area contributed by atoms with Gasteiger partial charge in [-0.15, -0.1) is 24.5 Å². The first kappa shape index (κ1) is 21.5. The molecule has 4 heterocycles. The molecule has 6 nitrogen and oxygen atoms in total. The van der Waals surface area contributed by atoms with Crippen molar-refractivity contribution in [2.45, 2.75) is 58.0 Å². The molecular formula is C22H25F3N4O2S. The van der Waals surface area contributed by atoms with Crippen molar-refractivity contribution in [3.05, 3.63) is 23.7 Å². The van der Waals surface area contributed by atoms with E-state index in [2.05, 4.69) is 45.7 Å². The van der Waals surface area contributed by atoms with Crippen molar-refractivity contribution in [2.75, 3.05) is 18.0 Å². The van der Waals surface area contributed by atoms with Gasteiger partial charge in [-0.2, -0.15) is 4.98 Å². The predicted octanol–water partition coefficient (Wildman–Crippen LogP) is 5.60. The summed E-state index contributed by atoms with van der Waals surface area (Å²) in [5.41, 5.74) is 1.11. The maximum Gasteiger partial charge on any atom is 0.573 e. The number of aromatic nitrogens is 2. The van der Waals surface area contributed by atoms with Gasteiger partial charge < -0.3 is 19.4 Å². The number of hydrogen-bond acceptors (Lipinski definition) is 7. The summed E-state index contributed by atoms with van der Waals surface area (Å²) in [6, 6.07) is 3.32. The Balaban J connectivity index is 1.58. The van der Waals surface area contributed by atoms with E-state index in [1.54, 1.807) is 11.6 Å². The molecule has 2 bridgehead atoms. The van der Waals surface area contributed by atoms with E-state index in [-0.39, 0.29) is 16.7 Å². The van der Waals surface area contributed by atoms with Gasteiger partial charge in [0, 0.05) is 42.3 Å². The first-order valence-electron chi connectivity index (χ1n) is 10.7. The first-order chi connectivity index (χ1) is 15.0. The molecule has 2 aliphatic rings. The number of nitrogens with zero attached hydrogens (tertiary/aromatic N) is 3. The molecule has 1 aromatic carbocycles. The van der Waals surface area contributed by atoms with Gasteiger partial charge in [0.2, 0.25) is 0 Å². The quantitative estimate of drug-likeness (QED) is 0.542. The standard InChI is InChI=1S/C22H25F3N4O2S/c1-20(2,3)21-6-4-5-13(28-21)11-29(12-21)19-27-16-10-14(31-22(23,24)25)9-15(17(16)30-19)18-26-7-8-32-18/h7-10,13,28H,4-6,11-12H2,1-3H3. The molecule has 2 atom stereocenters. The minimum Gasteiger partial charge on any atom is -0.423 e. The minimum atomic E-state index is -4.80. The summed E-state index contributed by atoms with van der Waals surface area (Å²) in [6.07, 6.45) is 0.100. The SMILES string of the molecule is CC(C)(C)C12CCCC(CN(c3nc4cc(OC(F)(F)F)cc(-c5nccs5)c4o3)C1)N2. The monoisotopic (exact) mass is 466 g/mol. The Hall–Kier alpha value is -2.33. The number of benzene rings is 1. The highest BCUT2D eigenvalue weighted by molar-refractivity contribution is 7.13. The molecule has 0 radical (unpaired) electrons. The lowest BCUT2D eigenvalue weighted by Crippen LogP contribution is -2.71. The number of anilines is 1. The summed E-state index contributed by atoms with van der Waals surface area (Å²) in [5, 5.41) is 6.16. The Morgan fingerprint density at radius 2 is 2.09 bits per heavy atom. The minimum absolute atomic E-state index is 0.0239. The molecule has 32 heavy (non-hydrogen) atoms. The molecule has 5 rings (SSSR count). The zero-order valence-electron chi connectivity index (χ0n) is 18.1. The lowest BCUT2D eigenvalue weighted by Gasteiger charge is -2.56. The lowest BCUT2D eigenvalue weighted by molar-refractivity contribution is -0.274. The second-order valence-corrected chi connectivity index (χ2v) is 10.5. The molecule has 0 spiro atoms. The highest BCUT2D eigenvalue weighted by Crippen LogP contribution is 2.43. The summed E-state index contributed by atoms with van der Waals surface area (Å²) in [5.74, 6) is -0.335. The van der Waals surface area contributed by atoms with Crippen LogP contribution in [0.2, 0.25) is 0 Å².